The summed E-state index contributed by atoms with van der Waals surface area (Å²) < 4.78 is -0.0623. The van der Waals surface area contributed by atoms with Crippen molar-refractivity contribution in [2.45, 2.75) is 18.3 Å². The van der Waals surface area contributed by atoms with Gasteiger partial charge in [-0.1, -0.05) is 95.6 Å². The molecule has 0 saturated heterocycles. The van der Waals surface area contributed by atoms with E-state index >= 15 is 0 Å². The summed E-state index contributed by atoms with van der Waals surface area (Å²) in [7, 11) is 0. The molecule has 2 bridgehead atoms. The fourth-order valence-corrected chi connectivity index (χ4v) is 9.11. The third-order valence-corrected chi connectivity index (χ3v) is 14.4. The van der Waals surface area contributed by atoms with E-state index in [-0.39, 0.29) is 0 Å². The molecular formula is C8H4Br6O2. The number of carboxylic acid groups (broad SMARTS) is 1. The van der Waals surface area contributed by atoms with Crippen LogP contribution < -0.4 is 0 Å². The quantitative estimate of drug-likeness (QED) is 0.431. The molecule has 90 valence electrons. The Labute approximate surface area is 143 Å². The van der Waals surface area contributed by atoms with E-state index in [0.717, 1.165) is 8.96 Å². The second-order valence-corrected chi connectivity index (χ2v) is 11.4. The maximum absolute atomic E-state index is 11.3. The molecule has 1 saturated carbocycles. The van der Waals surface area contributed by atoms with E-state index in [2.05, 4.69) is 95.6 Å². The number of fused-ring (bicyclic) bond motifs is 2. The van der Waals surface area contributed by atoms with Gasteiger partial charge in [0, 0.05) is 8.96 Å². The lowest BCUT2D eigenvalue weighted by molar-refractivity contribution is -0.141. The Balaban J connectivity index is 2.69. The van der Waals surface area contributed by atoms with Crippen LogP contribution in [0.5, 0.6) is 0 Å². The van der Waals surface area contributed by atoms with E-state index in [0.29, 0.717) is 6.42 Å². The van der Waals surface area contributed by atoms with Crippen molar-refractivity contribution >= 4 is 102 Å². The van der Waals surface area contributed by atoms with Gasteiger partial charge in [-0.3, -0.25) is 4.79 Å². The molecule has 1 fully saturated rings. The van der Waals surface area contributed by atoms with Gasteiger partial charge in [-0.15, -0.1) is 0 Å². The molecule has 2 aliphatic carbocycles. The van der Waals surface area contributed by atoms with Crippen molar-refractivity contribution in [3.63, 3.8) is 0 Å². The minimum Gasteiger partial charge on any atom is -0.481 e. The van der Waals surface area contributed by atoms with Crippen LogP contribution in [0, 0.1) is 5.92 Å². The molecule has 0 radical (unpaired) electrons. The summed E-state index contributed by atoms with van der Waals surface area (Å²) >= 11 is 21.4. The topological polar surface area (TPSA) is 37.3 Å². The van der Waals surface area contributed by atoms with E-state index in [1.165, 1.54) is 0 Å². The van der Waals surface area contributed by atoms with Gasteiger partial charge in [0.1, 0.15) is 3.23 Å². The molecule has 0 unspecified atom stereocenters. The predicted octanol–water partition coefficient (Wildman–Crippen LogP) is 4.86. The van der Waals surface area contributed by atoms with Gasteiger partial charge >= 0.3 is 5.97 Å². The summed E-state index contributed by atoms with van der Waals surface area (Å²) in [6, 6.07) is 0. The molecule has 0 heterocycles. The van der Waals surface area contributed by atoms with Crippen LogP contribution in [-0.2, 0) is 4.79 Å². The van der Waals surface area contributed by atoms with Gasteiger partial charge in [0.05, 0.1) is 14.6 Å². The molecule has 3 atom stereocenters. The molecule has 0 aromatic heterocycles. The van der Waals surface area contributed by atoms with Crippen molar-refractivity contribution in [3.05, 3.63) is 8.96 Å². The van der Waals surface area contributed by atoms with Crippen LogP contribution in [-0.4, -0.2) is 23.0 Å². The normalized spacial score (nSPS) is 45.2. The Kier molecular flexibility index (Phi) is 3.66. The van der Waals surface area contributed by atoms with E-state index in [9.17, 15) is 9.90 Å². The largest absolute Gasteiger partial charge is 0.481 e. The third kappa shape index (κ3) is 1.40. The number of hydrogen-bond donors (Lipinski definition) is 1. The zero-order chi connectivity index (χ0) is 12.5. The summed E-state index contributed by atoms with van der Waals surface area (Å²) in [5, 5.41) is 9.30. The molecule has 1 N–H and O–H groups in total. The smallest absolute Gasteiger partial charge is 0.308 e. The fourth-order valence-electron chi connectivity index (χ4n) is 2.17. The second-order valence-electron chi connectivity index (χ2n) is 3.81. The zero-order valence-electron chi connectivity index (χ0n) is 7.41. The lowest BCUT2D eigenvalue weighted by Crippen LogP contribution is -2.44. The van der Waals surface area contributed by atoms with Crippen molar-refractivity contribution in [1.29, 1.82) is 0 Å². The molecule has 0 aliphatic heterocycles. The molecule has 8 heteroatoms. The van der Waals surface area contributed by atoms with Crippen LogP contribution in [0.25, 0.3) is 0 Å². The first kappa shape index (κ1) is 14.5. The first-order valence-corrected chi connectivity index (χ1v) is 8.91. The molecule has 2 aliphatic rings. The van der Waals surface area contributed by atoms with Crippen molar-refractivity contribution in [2.75, 3.05) is 0 Å². The molecule has 2 nitrogen and oxygen atoms in total. The lowest BCUT2D eigenvalue weighted by atomic mass is 9.93. The summed E-state index contributed by atoms with van der Waals surface area (Å²) in [6.07, 6.45) is 0.486. The highest BCUT2D eigenvalue weighted by Crippen LogP contribution is 2.77. The standard InChI is InChI=1S/C8H4Br6O2/c9-3-4(10)7(12)2(5(15)16)1-6(3,11)8(7,13)14/h2H,1H2,(H,15,16)/t2-,6-,7+/m0/s1. The SMILES string of the molecule is O=C(O)[C@@H]1C[C@]2(Br)C(Br)=C(Br)[C@@]1(Br)C2(Br)Br. The summed E-state index contributed by atoms with van der Waals surface area (Å²) in [6.45, 7) is 0. The van der Waals surface area contributed by atoms with Crippen molar-refractivity contribution in [3.8, 4) is 0 Å². The van der Waals surface area contributed by atoms with Gasteiger partial charge in [0.25, 0.3) is 0 Å². The van der Waals surface area contributed by atoms with Crippen molar-refractivity contribution in [2.24, 2.45) is 5.92 Å². The third-order valence-electron chi connectivity index (χ3n) is 3.08. The van der Waals surface area contributed by atoms with E-state index in [1.807, 2.05) is 0 Å². The number of alkyl halides is 4. The van der Waals surface area contributed by atoms with E-state index < -0.39 is 23.8 Å². The Bertz CT molecular complexity index is 419. The number of aliphatic carboxylic acids is 1. The Hall–Kier alpha value is 2.09. The number of halogens is 6. The van der Waals surface area contributed by atoms with Crippen LogP contribution in [0.4, 0.5) is 0 Å². The molecule has 16 heavy (non-hydrogen) atoms. The molecule has 2 rings (SSSR count). The monoisotopic (exact) mass is 606 g/mol. The van der Waals surface area contributed by atoms with Crippen LogP contribution in [0.2, 0.25) is 0 Å². The maximum Gasteiger partial charge on any atom is 0.308 e. The van der Waals surface area contributed by atoms with Gasteiger partial charge < -0.3 is 5.11 Å². The number of carboxylic acids is 1. The van der Waals surface area contributed by atoms with Gasteiger partial charge in [-0.25, -0.2) is 0 Å². The van der Waals surface area contributed by atoms with Crippen LogP contribution in [0.3, 0.4) is 0 Å². The van der Waals surface area contributed by atoms with Crippen molar-refractivity contribution < 1.29 is 9.90 Å². The minimum absolute atomic E-state index is 0.481. The number of rotatable bonds is 1. The average molecular weight is 612 g/mol. The Morgan fingerprint density at radius 3 is 2.00 bits per heavy atom. The maximum atomic E-state index is 11.3. The highest BCUT2D eigenvalue weighted by molar-refractivity contribution is 9.27. The molecule has 0 spiro atoms. The molecular weight excluding hydrogens is 608 g/mol. The van der Waals surface area contributed by atoms with Crippen LogP contribution >= 0.6 is 95.6 Å². The summed E-state index contributed by atoms with van der Waals surface area (Å²) in [4.78, 5) is 11.3. The highest BCUT2D eigenvalue weighted by atomic mass is 79.9. The van der Waals surface area contributed by atoms with E-state index in [1.54, 1.807) is 0 Å². The highest BCUT2D eigenvalue weighted by Gasteiger charge is 2.77. The Morgan fingerprint density at radius 1 is 1.19 bits per heavy atom. The van der Waals surface area contributed by atoms with Gasteiger partial charge in [-0.2, -0.15) is 0 Å². The van der Waals surface area contributed by atoms with Gasteiger partial charge in [0.2, 0.25) is 0 Å². The molecule has 0 amide bonds. The number of hydrogen-bond acceptors (Lipinski definition) is 1. The van der Waals surface area contributed by atoms with Gasteiger partial charge in [0.15, 0.2) is 0 Å². The van der Waals surface area contributed by atoms with Gasteiger partial charge in [-0.05, 0) is 6.42 Å². The zero-order valence-corrected chi connectivity index (χ0v) is 16.9. The predicted molar refractivity (Wildman–Crippen MR) is 84.5 cm³/mol. The number of allylic oxidation sites excluding steroid dienone is 2. The first-order chi connectivity index (χ1) is 7.10. The van der Waals surface area contributed by atoms with Crippen molar-refractivity contribution in [1.82, 2.24) is 0 Å². The lowest BCUT2D eigenvalue weighted by Gasteiger charge is -2.34. The van der Waals surface area contributed by atoms with E-state index in [4.69, 9.17) is 0 Å². The first-order valence-electron chi connectivity index (χ1n) is 4.15. The summed E-state index contributed by atoms with van der Waals surface area (Å²) in [5.41, 5.74) is 0. The average Bonchev–Trinajstić information content (AvgIpc) is 2.39. The molecule has 0 aromatic rings. The van der Waals surface area contributed by atoms with Crippen LogP contribution in [0.15, 0.2) is 8.96 Å². The number of carbonyl (C=O) groups is 1. The fraction of sp³-hybridized carbons (Fsp3) is 0.625. The Morgan fingerprint density at radius 2 is 1.69 bits per heavy atom. The van der Waals surface area contributed by atoms with Crippen LogP contribution in [0.1, 0.15) is 6.42 Å². The second kappa shape index (κ2) is 4.04. The molecule has 0 aromatic carbocycles. The summed E-state index contributed by atoms with van der Waals surface area (Å²) in [5.74, 6) is -1.35. The minimum atomic E-state index is -0.821.